The van der Waals surface area contributed by atoms with Crippen molar-refractivity contribution in [3.05, 3.63) is 49.6 Å². The molecule has 0 N–H and O–H groups in total. The molecule has 0 fully saturated rings. The Bertz CT molecular complexity index is 452. The van der Waals surface area contributed by atoms with Crippen LogP contribution in [0, 0.1) is 0 Å². The van der Waals surface area contributed by atoms with Crippen molar-refractivity contribution in [2.45, 2.75) is 58.3 Å². The van der Waals surface area contributed by atoms with Crippen molar-refractivity contribution >= 4 is 10.0 Å². The molecule has 0 unspecified atom stereocenters. The predicted octanol–water partition coefficient (Wildman–Crippen LogP) is 5.24. The fourth-order valence-electron chi connectivity index (χ4n) is 2.14. The zero-order valence-corrected chi connectivity index (χ0v) is 16.1. The molecule has 0 atom stereocenters. The molecule has 0 saturated carbocycles. The summed E-state index contributed by atoms with van der Waals surface area (Å²) in [6.07, 6.45) is 19.5. The van der Waals surface area contributed by atoms with Crippen molar-refractivity contribution in [1.29, 1.82) is 0 Å². The van der Waals surface area contributed by atoms with Gasteiger partial charge in [0.15, 0.2) is 0 Å². The maximum absolute atomic E-state index is 12.5. The summed E-state index contributed by atoms with van der Waals surface area (Å²) < 4.78 is 26.5. The lowest BCUT2D eigenvalue weighted by Gasteiger charge is -2.19. The van der Waals surface area contributed by atoms with Crippen LogP contribution >= 0.6 is 0 Å². The number of sulfonamides is 1. The molecule has 24 heavy (non-hydrogen) atoms. The largest absolute Gasteiger partial charge is 0.214 e. The van der Waals surface area contributed by atoms with Crippen molar-refractivity contribution in [2.75, 3.05) is 18.8 Å². The zero-order valence-electron chi connectivity index (χ0n) is 15.3. The summed E-state index contributed by atoms with van der Waals surface area (Å²) in [4.78, 5) is 0. The van der Waals surface area contributed by atoms with E-state index in [2.05, 4.69) is 25.3 Å². The Kier molecular flexibility index (Phi) is 14.7. The van der Waals surface area contributed by atoms with E-state index in [1.54, 1.807) is 4.31 Å². The van der Waals surface area contributed by atoms with Crippen molar-refractivity contribution in [3.8, 4) is 0 Å². The van der Waals surface area contributed by atoms with Gasteiger partial charge in [0.1, 0.15) is 0 Å². The molecule has 0 aliphatic heterocycles. The summed E-state index contributed by atoms with van der Waals surface area (Å²) in [5.41, 5.74) is 0. The lowest BCUT2D eigenvalue weighted by Crippen LogP contribution is -2.33. The highest BCUT2D eigenvalue weighted by molar-refractivity contribution is 7.89. The molecule has 3 nitrogen and oxygen atoms in total. The molecule has 0 aliphatic rings. The molecule has 0 bridgehead atoms. The SMILES string of the molecule is C=CCCCC=CCN(CC=CCCCC=C)S(=O)(=O)CCCC. The molecule has 0 saturated heterocycles. The minimum Gasteiger partial charge on any atom is -0.212 e. The van der Waals surface area contributed by atoms with Gasteiger partial charge in [-0.05, 0) is 44.9 Å². The molecule has 0 heterocycles. The number of allylic oxidation sites excluding steroid dienone is 4. The van der Waals surface area contributed by atoms with Crippen molar-refractivity contribution in [2.24, 2.45) is 0 Å². The van der Waals surface area contributed by atoms with E-state index in [1.807, 2.05) is 31.2 Å². The van der Waals surface area contributed by atoms with E-state index in [4.69, 9.17) is 0 Å². The highest BCUT2D eigenvalue weighted by Crippen LogP contribution is 2.07. The summed E-state index contributed by atoms with van der Waals surface area (Å²) in [5.74, 6) is 0.234. The number of hydrogen-bond acceptors (Lipinski definition) is 2. The second-order valence-electron chi connectivity index (χ2n) is 5.87. The quantitative estimate of drug-likeness (QED) is 0.281. The maximum Gasteiger partial charge on any atom is 0.214 e. The van der Waals surface area contributed by atoms with Crippen LogP contribution in [0.25, 0.3) is 0 Å². The van der Waals surface area contributed by atoms with Gasteiger partial charge in [-0.15, -0.1) is 13.2 Å². The summed E-state index contributed by atoms with van der Waals surface area (Å²) in [7, 11) is -3.18. The molecule has 4 heteroatoms. The molecule has 138 valence electrons. The molecule has 0 amide bonds. The summed E-state index contributed by atoms with van der Waals surface area (Å²) in [6, 6.07) is 0. The van der Waals surface area contributed by atoms with Crippen LogP contribution in [-0.4, -0.2) is 31.6 Å². The van der Waals surface area contributed by atoms with Crippen LogP contribution in [0.2, 0.25) is 0 Å². The first-order valence-corrected chi connectivity index (χ1v) is 10.7. The van der Waals surface area contributed by atoms with Crippen LogP contribution in [0.4, 0.5) is 0 Å². The molecule has 0 aromatic heterocycles. The molecule has 0 aromatic rings. The maximum atomic E-state index is 12.5. The average Bonchev–Trinajstić information content (AvgIpc) is 2.57. The molecule has 0 radical (unpaired) electrons. The van der Waals surface area contributed by atoms with E-state index in [9.17, 15) is 8.42 Å². The monoisotopic (exact) mass is 353 g/mol. The average molecular weight is 354 g/mol. The van der Waals surface area contributed by atoms with Crippen LogP contribution in [0.15, 0.2) is 49.6 Å². The van der Waals surface area contributed by atoms with E-state index in [-0.39, 0.29) is 5.75 Å². The minimum absolute atomic E-state index is 0.234. The Balaban J connectivity index is 4.53. The number of unbranched alkanes of at least 4 members (excludes halogenated alkanes) is 5. The van der Waals surface area contributed by atoms with Crippen molar-refractivity contribution in [3.63, 3.8) is 0 Å². The lowest BCUT2D eigenvalue weighted by atomic mass is 10.2. The summed E-state index contributed by atoms with van der Waals surface area (Å²) >= 11 is 0. The van der Waals surface area contributed by atoms with Gasteiger partial charge in [-0.25, -0.2) is 8.42 Å². The first kappa shape index (κ1) is 22.9. The van der Waals surface area contributed by atoms with Crippen molar-refractivity contribution < 1.29 is 8.42 Å². The predicted molar refractivity (Wildman–Crippen MR) is 107 cm³/mol. The Morgan fingerprint density at radius 3 is 1.71 bits per heavy atom. The number of hydrogen-bond donors (Lipinski definition) is 0. The molecule has 0 spiro atoms. The van der Waals surface area contributed by atoms with E-state index >= 15 is 0 Å². The fraction of sp³-hybridized carbons (Fsp3) is 0.600. The van der Waals surface area contributed by atoms with E-state index in [0.29, 0.717) is 19.5 Å². The molecular weight excluding hydrogens is 318 g/mol. The van der Waals surface area contributed by atoms with Crippen LogP contribution in [0.3, 0.4) is 0 Å². The standard InChI is InChI=1S/C20H35NO2S/c1-4-7-10-12-14-16-18-21(24(22,23)20-9-6-3)19-17-15-13-11-8-5-2/h4-5,14-17H,1-2,6-13,18-20H2,3H3. The van der Waals surface area contributed by atoms with Gasteiger partial charge in [0, 0.05) is 13.1 Å². The summed E-state index contributed by atoms with van der Waals surface area (Å²) in [6.45, 7) is 10.3. The third-order valence-corrected chi connectivity index (χ3v) is 5.55. The summed E-state index contributed by atoms with van der Waals surface area (Å²) in [5, 5.41) is 0. The van der Waals surface area contributed by atoms with Gasteiger partial charge in [0.05, 0.1) is 5.75 Å². The topological polar surface area (TPSA) is 37.4 Å². The molecule has 0 aromatic carbocycles. The van der Waals surface area contributed by atoms with Crippen LogP contribution in [0.1, 0.15) is 58.3 Å². The number of rotatable bonds is 16. The smallest absolute Gasteiger partial charge is 0.212 e. The first-order chi connectivity index (χ1) is 11.6. The second kappa shape index (κ2) is 15.4. The third-order valence-electron chi connectivity index (χ3n) is 3.66. The highest BCUT2D eigenvalue weighted by Gasteiger charge is 2.18. The Morgan fingerprint density at radius 1 is 0.792 bits per heavy atom. The molecule has 0 aliphatic carbocycles. The normalized spacial score (nSPS) is 12.4. The van der Waals surface area contributed by atoms with Gasteiger partial charge in [0.2, 0.25) is 10.0 Å². The van der Waals surface area contributed by atoms with Gasteiger partial charge in [-0.1, -0.05) is 49.8 Å². The van der Waals surface area contributed by atoms with Crippen molar-refractivity contribution in [1.82, 2.24) is 4.31 Å². The Morgan fingerprint density at radius 2 is 1.29 bits per heavy atom. The fourth-order valence-corrected chi connectivity index (χ4v) is 3.68. The lowest BCUT2D eigenvalue weighted by molar-refractivity contribution is 0.471. The number of nitrogens with zero attached hydrogens (tertiary/aromatic N) is 1. The zero-order chi connectivity index (χ0) is 18.1. The molecule has 0 rings (SSSR count). The van der Waals surface area contributed by atoms with E-state index < -0.39 is 10.0 Å². The Labute approximate surface area is 149 Å². The third kappa shape index (κ3) is 12.3. The first-order valence-electron chi connectivity index (χ1n) is 9.08. The van der Waals surface area contributed by atoms with Crippen LogP contribution in [0.5, 0.6) is 0 Å². The van der Waals surface area contributed by atoms with Gasteiger partial charge >= 0.3 is 0 Å². The van der Waals surface area contributed by atoms with Gasteiger partial charge < -0.3 is 0 Å². The minimum atomic E-state index is -3.18. The highest BCUT2D eigenvalue weighted by atomic mass is 32.2. The van der Waals surface area contributed by atoms with Gasteiger partial charge in [-0.2, -0.15) is 4.31 Å². The van der Waals surface area contributed by atoms with Crippen LogP contribution in [-0.2, 0) is 10.0 Å². The van der Waals surface area contributed by atoms with Gasteiger partial charge in [0.25, 0.3) is 0 Å². The van der Waals surface area contributed by atoms with Crippen LogP contribution < -0.4 is 0 Å². The second-order valence-corrected chi connectivity index (χ2v) is 7.96. The van der Waals surface area contributed by atoms with Gasteiger partial charge in [-0.3, -0.25) is 0 Å². The Hall–Kier alpha value is -1.13. The van der Waals surface area contributed by atoms with E-state index in [0.717, 1.165) is 44.9 Å². The van der Waals surface area contributed by atoms with E-state index in [1.165, 1.54) is 0 Å². The molecular formula is C20H35NO2S.